The Morgan fingerprint density at radius 1 is 1.20 bits per heavy atom. The fourth-order valence-corrected chi connectivity index (χ4v) is 1.86. The van der Waals surface area contributed by atoms with Gasteiger partial charge in [0.2, 0.25) is 0 Å². The maximum absolute atomic E-state index is 11.9. The molecule has 2 heterocycles. The Bertz CT molecular complexity index is 563. The zero-order valence-corrected chi connectivity index (χ0v) is 10.7. The number of ether oxygens (including phenoxy) is 2. The second-order valence-electron chi connectivity index (χ2n) is 4.22. The van der Waals surface area contributed by atoms with Crippen molar-refractivity contribution in [1.29, 1.82) is 0 Å². The second kappa shape index (κ2) is 5.66. The summed E-state index contributed by atoms with van der Waals surface area (Å²) in [6.45, 7) is 2.21. The van der Waals surface area contributed by atoms with Crippen LogP contribution in [0.5, 0.6) is 5.75 Å². The molecule has 2 aromatic rings. The van der Waals surface area contributed by atoms with Gasteiger partial charge in [0.05, 0.1) is 18.9 Å². The minimum Gasteiger partial charge on any atom is -0.410 e. The summed E-state index contributed by atoms with van der Waals surface area (Å²) in [5, 5.41) is 10.9. The second-order valence-corrected chi connectivity index (χ2v) is 4.22. The highest BCUT2D eigenvalue weighted by Crippen LogP contribution is 2.15. The minimum absolute atomic E-state index is 0.358. The maximum atomic E-state index is 11.9. The van der Waals surface area contributed by atoms with Crippen molar-refractivity contribution in [3.05, 3.63) is 30.6 Å². The molecule has 20 heavy (non-hydrogen) atoms. The summed E-state index contributed by atoms with van der Waals surface area (Å²) < 4.78 is 12.0. The number of carbonyl (C=O) groups is 1. The highest BCUT2D eigenvalue weighted by molar-refractivity contribution is 5.70. The average molecular weight is 275 g/mol. The molecule has 1 amide bonds. The SMILES string of the molecule is O=C(Oc1ccc(-n2cnnn2)cc1)N1CCOCC1. The lowest BCUT2D eigenvalue weighted by Gasteiger charge is -2.25. The molecule has 104 valence electrons. The van der Waals surface area contributed by atoms with Crippen molar-refractivity contribution in [2.45, 2.75) is 0 Å². The van der Waals surface area contributed by atoms with Crippen molar-refractivity contribution in [1.82, 2.24) is 25.1 Å². The lowest BCUT2D eigenvalue weighted by molar-refractivity contribution is 0.0416. The zero-order chi connectivity index (χ0) is 13.8. The maximum Gasteiger partial charge on any atom is 0.415 e. The normalized spacial score (nSPS) is 15.1. The van der Waals surface area contributed by atoms with Gasteiger partial charge >= 0.3 is 6.09 Å². The number of amides is 1. The van der Waals surface area contributed by atoms with Gasteiger partial charge < -0.3 is 14.4 Å². The minimum atomic E-state index is -0.358. The third-order valence-corrected chi connectivity index (χ3v) is 2.92. The van der Waals surface area contributed by atoms with Gasteiger partial charge in [-0.1, -0.05) is 0 Å². The fraction of sp³-hybridized carbons (Fsp3) is 0.333. The predicted molar refractivity (Wildman–Crippen MR) is 67.6 cm³/mol. The van der Waals surface area contributed by atoms with E-state index in [-0.39, 0.29) is 6.09 Å². The van der Waals surface area contributed by atoms with Gasteiger partial charge in [0.1, 0.15) is 12.1 Å². The molecule has 1 aliphatic rings. The molecule has 1 fully saturated rings. The van der Waals surface area contributed by atoms with E-state index in [1.807, 2.05) is 0 Å². The van der Waals surface area contributed by atoms with Crippen molar-refractivity contribution in [2.75, 3.05) is 26.3 Å². The Morgan fingerprint density at radius 3 is 2.60 bits per heavy atom. The Hall–Kier alpha value is -2.48. The lowest BCUT2D eigenvalue weighted by atomic mass is 10.3. The summed E-state index contributed by atoms with van der Waals surface area (Å²) in [5.74, 6) is 0.485. The van der Waals surface area contributed by atoms with Crippen molar-refractivity contribution in [3.8, 4) is 11.4 Å². The first-order valence-corrected chi connectivity index (χ1v) is 6.21. The molecule has 0 aliphatic carbocycles. The standard InChI is InChI=1S/C12H13N5O3/c18-12(16-5-7-19-8-6-16)20-11-3-1-10(2-4-11)17-9-13-14-15-17/h1-4,9H,5-8H2. The lowest BCUT2D eigenvalue weighted by Crippen LogP contribution is -2.42. The van der Waals surface area contributed by atoms with Gasteiger partial charge in [0.15, 0.2) is 0 Å². The number of hydrogen-bond acceptors (Lipinski definition) is 6. The average Bonchev–Trinajstić information content (AvgIpc) is 3.03. The summed E-state index contributed by atoms with van der Waals surface area (Å²) >= 11 is 0. The third kappa shape index (κ3) is 2.75. The predicted octanol–water partition coefficient (Wildman–Crippen LogP) is 0.493. The highest BCUT2D eigenvalue weighted by Gasteiger charge is 2.18. The molecule has 3 rings (SSSR count). The van der Waals surface area contributed by atoms with E-state index in [4.69, 9.17) is 9.47 Å². The van der Waals surface area contributed by atoms with E-state index in [1.54, 1.807) is 29.2 Å². The quantitative estimate of drug-likeness (QED) is 0.793. The van der Waals surface area contributed by atoms with Crippen LogP contribution in [0.15, 0.2) is 30.6 Å². The Labute approximate surface area is 114 Å². The molecule has 8 heteroatoms. The first kappa shape index (κ1) is 12.5. The number of benzene rings is 1. The summed E-state index contributed by atoms with van der Waals surface area (Å²) in [6, 6.07) is 6.96. The zero-order valence-electron chi connectivity index (χ0n) is 10.7. The van der Waals surface area contributed by atoms with Crippen molar-refractivity contribution >= 4 is 6.09 Å². The molecule has 0 radical (unpaired) electrons. The number of tetrazole rings is 1. The van der Waals surface area contributed by atoms with Gasteiger partial charge in [-0.3, -0.25) is 0 Å². The third-order valence-electron chi connectivity index (χ3n) is 2.92. The summed E-state index contributed by atoms with van der Waals surface area (Å²) in [5.41, 5.74) is 0.793. The monoisotopic (exact) mass is 275 g/mol. The van der Waals surface area contributed by atoms with Crippen molar-refractivity contribution in [3.63, 3.8) is 0 Å². The first-order chi connectivity index (χ1) is 9.83. The molecule has 0 unspecified atom stereocenters. The number of morpholine rings is 1. The number of hydrogen-bond donors (Lipinski definition) is 0. The van der Waals surface area contributed by atoms with E-state index in [9.17, 15) is 4.79 Å². The largest absolute Gasteiger partial charge is 0.415 e. The number of nitrogens with zero attached hydrogens (tertiary/aromatic N) is 5. The Balaban J connectivity index is 1.64. The fourth-order valence-electron chi connectivity index (χ4n) is 1.86. The summed E-state index contributed by atoms with van der Waals surface area (Å²) in [6.07, 6.45) is 1.14. The van der Waals surface area contributed by atoms with Gasteiger partial charge in [-0.25, -0.2) is 9.48 Å². The topological polar surface area (TPSA) is 82.4 Å². The number of aromatic nitrogens is 4. The van der Waals surface area contributed by atoms with E-state index in [0.717, 1.165) is 5.69 Å². The molecule has 0 N–H and O–H groups in total. The van der Waals surface area contributed by atoms with E-state index in [1.165, 1.54) is 11.0 Å². The van der Waals surface area contributed by atoms with Crippen molar-refractivity contribution < 1.29 is 14.3 Å². The van der Waals surface area contributed by atoms with Crippen LogP contribution in [0.2, 0.25) is 0 Å². The van der Waals surface area contributed by atoms with Crippen LogP contribution in [0, 0.1) is 0 Å². The van der Waals surface area contributed by atoms with Gasteiger partial charge in [0, 0.05) is 13.1 Å². The summed E-state index contributed by atoms with van der Waals surface area (Å²) in [7, 11) is 0. The van der Waals surface area contributed by atoms with Crippen molar-refractivity contribution in [2.24, 2.45) is 0 Å². The Kier molecular flexibility index (Phi) is 3.55. The van der Waals surface area contributed by atoms with E-state index >= 15 is 0 Å². The van der Waals surface area contributed by atoms with Gasteiger partial charge in [-0.2, -0.15) is 0 Å². The number of rotatable bonds is 2. The molecule has 0 atom stereocenters. The van der Waals surface area contributed by atoms with E-state index in [0.29, 0.717) is 32.1 Å². The smallest absolute Gasteiger partial charge is 0.410 e. The molecule has 1 aromatic carbocycles. The van der Waals surface area contributed by atoms with Gasteiger partial charge in [-0.05, 0) is 34.7 Å². The van der Waals surface area contributed by atoms with Crippen LogP contribution in [0.25, 0.3) is 5.69 Å². The van der Waals surface area contributed by atoms with Crippen LogP contribution in [-0.4, -0.2) is 57.5 Å². The van der Waals surface area contributed by atoms with Crippen LogP contribution in [0.4, 0.5) is 4.79 Å². The molecule has 1 aromatic heterocycles. The van der Waals surface area contributed by atoms with E-state index < -0.39 is 0 Å². The van der Waals surface area contributed by atoms with E-state index in [2.05, 4.69) is 15.5 Å². The highest BCUT2D eigenvalue weighted by atomic mass is 16.6. The van der Waals surface area contributed by atoms with Crippen LogP contribution in [0.3, 0.4) is 0 Å². The number of carbonyl (C=O) groups excluding carboxylic acids is 1. The molecule has 1 aliphatic heterocycles. The first-order valence-electron chi connectivity index (χ1n) is 6.21. The molecule has 8 nitrogen and oxygen atoms in total. The van der Waals surface area contributed by atoms with Gasteiger partial charge in [0.25, 0.3) is 0 Å². The van der Waals surface area contributed by atoms with Crippen LogP contribution >= 0.6 is 0 Å². The molecule has 0 saturated carbocycles. The van der Waals surface area contributed by atoms with Crippen LogP contribution in [-0.2, 0) is 4.74 Å². The molecule has 1 saturated heterocycles. The van der Waals surface area contributed by atoms with Gasteiger partial charge in [-0.15, -0.1) is 5.10 Å². The molecule has 0 spiro atoms. The Morgan fingerprint density at radius 2 is 1.95 bits per heavy atom. The summed E-state index contributed by atoms with van der Waals surface area (Å²) in [4.78, 5) is 13.5. The molecule has 0 bridgehead atoms. The molecular formula is C12H13N5O3. The van der Waals surface area contributed by atoms with Crippen LogP contribution < -0.4 is 4.74 Å². The van der Waals surface area contributed by atoms with Crippen LogP contribution in [0.1, 0.15) is 0 Å². The molecular weight excluding hydrogens is 262 g/mol.